The molecular weight excluding hydrogens is 272 g/mol. The zero-order valence-electron chi connectivity index (χ0n) is 8.76. The number of thiophene rings is 1. The van der Waals surface area contributed by atoms with Crippen LogP contribution in [-0.2, 0) is 6.54 Å². The molecule has 0 atom stereocenters. The Bertz CT molecular complexity index is 320. The molecule has 0 saturated heterocycles. The predicted octanol–water partition coefficient (Wildman–Crippen LogP) is 2.87. The summed E-state index contributed by atoms with van der Waals surface area (Å²) in [5.41, 5.74) is 6.30. The van der Waals surface area contributed by atoms with Crippen LogP contribution in [0.4, 0.5) is 0 Å². The molecule has 0 aromatic carbocycles. The van der Waals surface area contributed by atoms with Gasteiger partial charge < -0.3 is 11.1 Å². The fourth-order valence-electron chi connectivity index (χ4n) is 1.87. The summed E-state index contributed by atoms with van der Waals surface area (Å²) in [7, 11) is 0. The molecule has 1 fully saturated rings. The molecule has 0 amide bonds. The van der Waals surface area contributed by atoms with Crippen LogP contribution >= 0.6 is 27.3 Å². The van der Waals surface area contributed by atoms with Crippen LogP contribution in [0, 0.1) is 0 Å². The summed E-state index contributed by atoms with van der Waals surface area (Å²) < 4.78 is 1.21. The highest BCUT2D eigenvalue weighted by Crippen LogP contribution is 2.31. The van der Waals surface area contributed by atoms with Crippen LogP contribution in [0.15, 0.2) is 15.9 Å². The van der Waals surface area contributed by atoms with Gasteiger partial charge in [0.2, 0.25) is 0 Å². The molecule has 4 heteroatoms. The van der Waals surface area contributed by atoms with Crippen LogP contribution in [0.5, 0.6) is 0 Å². The Morgan fingerprint density at radius 3 is 2.87 bits per heavy atom. The van der Waals surface area contributed by atoms with E-state index in [1.54, 1.807) is 11.3 Å². The minimum atomic E-state index is 0.152. The quantitative estimate of drug-likeness (QED) is 0.818. The molecule has 1 aromatic rings. The molecular formula is C11H17BrN2S. The molecule has 0 bridgehead atoms. The van der Waals surface area contributed by atoms with Gasteiger partial charge in [-0.25, -0.2) is 0 Å². The van der Waals surface area contributed by atoms with E-state index in [1.165, 1.54) is 28.6 Å². The second-order valence-corrected chi connectivity index (χ2v) is 6.19. The van der Waals surface area contributed by atoms with Crippen molar-refractivity contribution in [3.05, 3.63) is 20.8 Å². The maximum Gasteiger partial charge on any atom is 0.0327 e. The van der Waals surface area contributed by atoms with Crippen LogP contribution in [0.3, 0.4) is 0 Å². The van der Waals surface area contributed by atoms with Gasteiger partial charge in [-0.2, -0.15) is 0 Å². The van der Waals surface area contributed by atoms with Crippen molar-refractivity contribution in [1.82, 2.24) is 5.32 Å². The maximum absolute atomic E-state index is 6.15. The lowest BCUT2D eigenvalue weighted by atomic mass is 9.75. The molecule has 84 valence electrons. The largest absolute Gasteiger partial charge is 0.325 e. The average molecular weight is 289 g/mol. The first-order chi connectivity index (χ1) is 7.20. The number of hydrogen-bond acceptors (Lipinski definition) is 3. The van der Waals surface area contributed by atoms with E-state index in [-0.39, 0.29) is 5.54 Å². The first-order valence-electron chi connectivity index (χ1n) is 5.41. The minimum Gasteiger partial charge on any atom is -0.325 e. The van der Waals surface area contributed by atoms with Crippen molar-refractivity contribution in [2.75, 3.05) is 6.54 Å². The molecule has 0 unspecified atom stereocenters. The molecule has 0 radical (unpaired) electrons. The minimum absolute atomic E-state index is 0.152. The Balaban J connectivity index is 1.65. The standard InChI is InChI=1S/C11H17BrN2S/c12-9-2-7-15-10(9)8-14-6-5-11(13)3-1-4-11/h2,7,14H,1,3-6,8,13H2. The van der Waals surface area contributed by atoms with Crippen molar-refractivity contribution >= 4 is 27.3 Å². The van der Waals surface area contributed by atoms with E-state index < -0.39 is 0 Å². The van der Waals surface area contributed by atoms with Crippen LogP contribution in [-0.4, -0.2) is 12.1 Å². The Kier molecular flexibility index (Phi) is 3.83. The van der Waals surface area contributed by atoms with Crippen LogP contribution < -0.4 is 11.1 Å². The Labute approximate surface area is 103 Å². The molecule has 0 spiro atoms. The van der Waals surface area contributed by atoms with Crippen molar-refractivity contribution in [3.63, 3.8) is 0 Å². The van der Waals surface area contributed by atoms with Gasteiger partial charge in [-0.3, -0.25) is 0 Å². The van der Waals surface area contributed by atoms with E-state index in [0.29, 0.717) is 0 Å². The van der Waals surface area contributed by atoms with Gasteiger partial charge in [0.1, 0.15) is 0 Å². The number of nitrogens with two attached hydrogens (primary N) is 1. The smallest absolute Gasteiger partial charge is 0.0327 e. The molecule has 2 nitrogen and oxygen atoms in total. The number of nitrogens with one attached hydrogen (secondary N) is 1. The lowest BCUT2D eigenvalue weighted by molar-refractivity contribution is 0.229. The van der Waals surface area contributed by atoms with Crippen LogP contribution in [0.1, 0.15) is 30.6 Å². The summed E-state index contributed by atoms with van der Waals surface area (Å²) in [6, 6.07) is 2.10. The second-order valence-electron chi connectivity index (χ2n) is 4.33. The zero-order chi connectivity index (χ0) is 10.7. The lowest BCUT2D eigenvalue weighted by Gasteiger charge is -2.38. The van der Waals surface area contributed by atoms with E-state index in [2.05, 4.69) is 32.7 Å². The monoisotopic (exact) mass is 288 g/mol. The van der Waals surface area contributed by atoms with E-state index in [4.69, 9.17) is 5.73 Å². The van der Waals surface area contributed by atoms with Crippen molar-refractivity contribution in [3.8, 4) is 0 Å². The number of rotatable bonds is 5. The number of halogens is 1. The first kappa shape index (κ1) is 11.6. The van der Waals surface area contributed by atoms with E-state index >= 15 is 0 Å². The maximum atomic E-state index is 6.15. The molecule has 0 aliphatic heterocycles. The topological polar surface area (TPSA) is 38.0 Å². The lowest BCUT2D eigenvalue weighted by Crippen LogP contribution is -2.48. The molecule has 15 heavy (non-hydrogen) atoms. The fraction of sp³-hybridized carbons (Fsp3) is 0.636. The molecule has 2 rings (SSSR count). The Morgan fingerprint density at radius 1 is 1.53 bits per heavy atom. The van der Waals surface area contributed by atoms with Gasteiger partial charge in [0.25, 0.3) is 0 Å². The SMILES string of the molecule is NC1(CCNCc2sccc2Br)CCC1. The van der Waals surface area contributed by atoms with Crippen LogP contribution in [0.2, 0.25) is 0 Å². The highest BCUT2D eigenvalue weighted by Gasteiger charge is 2.31. The van der Waals surface area contributed by atoms with Crippen molar-refractivity contribution in [2.45, 2.75) is 37.8 Å². The van der Waals surface area contributed by atoms with Gasteiger partial charge >= 0.3 is 0 Å². The third kappa shape index (κ3) is 3.03. The van der Waals surface area contributed by atoms with Gasteiger partial charge in [0.15, 0.2) is 0 Å². The van der Waals surface area contributed by atoms with Crippen LogP contribution in [0.25, 0.3) is 0 Å². The Morgan fingerprint density at radius 2 is 2.33 bits per heavy atom. The van der Waals surface area contributed by atoms with Gasteiger partial charge in [0, 0.05) is 21.4 Å². The predicted molar refractivity (Wildman–Crippen MR) is 69.1 cm³/mol. The first-order valence-corrected chi connectivity index (χ1v) is 7.08. The van der Waals surface area contributed by atoms with Crippen molar-refractivity contribution in [2.24, 2.45) is 5.73 Å². The van der Waals surface area contributed by atoms with Gasteiger partial charge in [-0.15, -0.1) is 11.3 Å². The summed E-state index contributed by atoms with van der Waals surface area (Å²) in [5.74, 6) is 0. The third-order valence-electron chi connectivity index (χ3n) is 3.13. The molecule has 1 aliphatic carbocycles. The Hall–Kier alpha value is 0.100. The summed E-state index contributed by atoms with van der Waals surface area (Å²) in [4.78, 5) is 1.37. The van der Waals surface area contributed by atoms with Crippen molar-refractivity contribution in [1.29, 1.82) is 0 Å². The summed E-state index contributed by atoms with van der Waals surface area (Å²) in [6.45, 7) is 1.98. The van der Waals surface area contributed by atoms with E-state index in [1.807, 2.05) is 0 Å². The highest BCUT2D eigenvalue weighted by atomic mass is 79.9. The second kappa shape index (κ2) is 4.95. The molecule has 1 aliphatic rings. The zero-order valence-corrected chi connectivity index (χ0v) is 11.2. The molecule has 1 heterocycles. The fourth-order valence-corrected chi connectivity index (χ4v) is 3.33. The normalized spacial score (nSPS) is 18.8. The third-order valence-corrected chi connectivity index (χ3v) is 5.05. The number of hydrogen-bond donors (Lipinski definition) is 2. The van der Waals surface area contributed by atoms with E-state index in [9.17, 15) is 0 Å². The van der Waals surface area contributed by atoms with Gasteiger partial charge in [-0.1, -0.05) is 0 Å². The molecule has 3 N–H and O–H groups in total. The van der Waals surface area contributed by atoms with Crippen molar-refractivity contribution < 1.29 is 0 Å². The van der Waals surface area contributed by atoms with Gasteiger partial charge in [0.05, 0.1) is 0 Å². The molecule has 1 aromatic heterocycles. The summed E-state index contributed by atoms with van der Waals surface area (Å²) in [5, 5.41) is 5.56. The average Bonchev–Trinajstić information content (AvgIpc) is 2.56. The highest BCUT2D eigenvalue weighted by molar-refractivity contribution is 9.10. The van der Waals surface area contributed by atoms with Gasteiger partial charge in [-0.05, 0) is 59.6 Å². The summed E-state index contributed by atoms with van der Waals surface area (Å²) in [6.07, 6.45) is 4.83. The summed E-state index contributed by atoms with van der Waals surface area (Å²) >= 11 is 5.32. The molecule has 1 saturated carbocycles. The van der Waals surface area contributed by atoms with E-state index in [0.717, 1.165) is 19.5 Å².